The summed E-state index contributed by atoms with van der Waals surface area (Å²) in [5.74, 6) is 0. The zero-order chi connectivity index (χ0) is 12.4. The average molecular weight is 240 g/mol. The van der Waals surface area contributed by atoms with Crippen molar-refractivity contribution in [3.8, 4) is 0 Å². The lowest BCUT2D eigenvalue weighted by atomic mass is 9.95. The van der Waals surface area contributed by atoms with Crippen LogP contribution in [0.1, 0.15) is 30.9 Å². The van der Waals surface area contributed by atoms with Gasteiger partial charge in [0.1, 0.15) is 0 Å². The summed E-state index contributed by atoms with van der Waals surface area (Å²) in [6.07, 6.45) is 6.16. The maximum absolute atomic E-state index is 11.1. The van der Waals surface area contributed by atoms with E-state index in [1.54, 1.807) is 6.20 Å². The van der Waals surface area contributed by atoms with E-state index < -0.39 is 0 Å². The number of carbonyl (C=O) groups excluding carboxylic acids is 1. The summed E-state index contributed by atoms with van der Waals surface area (Å²) >= 11 is 0. The summed E-state index contributed by atoms with van der Waals surface area (Å²) in [4.78, 5) is 17.4. The molecule has 92 valence electrons. The highest BCUT2D eigenvalue weighted by atomic mass is 16.1. The largest absolute Gasteiger partial charge is 0.338 e. The maximum atomic E-state index is 11.1. The second kappa shape index (κ2) is 4.77. The fourth-order valence-corrected chi connectivity index (χ4v) is 2.74. The average Bonchev–Trinajstić information content (AvgIpc) is 2.46. The molecule has 1 aromatic heterocycles. The Balaban J connectivity index is 1.99. The van der Waals surface area contributed by atoms with Gasteiger partial charge in [-0.3, -0.25) is 9.78 Å². The van der Waals surface area contributed by atoms with Crippen LogP contribution in [0.25, 0.3) is 10.9 Å². The molecule has 3 rings (SSSR count). The number of aromatic nitrogens is 1. The molecule has 2 aromatic rings. The van der Waals surface area contributed by atoms with E-state index in [1.165, 1.54) is 12.0 Å². The van der Waals surface area contributed by atoms with Crippen molar-refractivity contribution in [1.82, 2.24) is 9.88 Å². The second-order valence-corrected chi connectivity index (χ2v) is 4.81. The smallest absolute Gasteiger partial charge is 0.210 e. The Labute approximate surface area is 106 Å². The number of likely N-dealkylation sites (tertiary alicyclic amines) is 1. The minimum Gasteiger partial charge on any atom is -0.338 e. The molecule has 18 heavy (non-hydrogen) atoms. The monoisotopic (exact) mass is 240 g/mol. The molecule has 3 nitrogen and oxygen atoms in total. The number of nitrogens with zero attached hydrogens (tertiary/aromatic N) is 2. The predicted molar refractivity (Wildman–Crippen MR) is 71.1 cm³/mol. The van der Waals surface area contributed by atoms with Gasteiger partial charge in [-0.25, -0.2) is 0 Å². The second-order valence-electron chi connectivity index (χ2n) is 4.81. The molecule has 1 fully saturated rings. The number of hydrogen-bond donors (Lipinski definition) is 0. The van der Waals surface area contributed by atoms with Crippen LogP contribution in [0.3, 0.4) is 0 Å². The van der Waals surface area contributed by atoms with Crippen LogP contribution in [0.5, 0.6) is 0 Å². The van der Waals surface area contributed by atoms with Crippen LogP contribution in [0.15, 0.2) is 36.5 Å². The molecule has 0 bridgehead atoms. The summed E-state index contributed by atoms with van der Waals surface area (Å²) in [5.41, 5.74) is 2.23. The van der Waals surface area contributed by atoms with Crippen molar-refractivity contribution in [3.05, 3.63) is 42.1 Å². The third-order valence-corrected chi connectivity index (χ3v) is 3.69. The molecule has 1 saturated heterocycles. The third kappa shape index (κ3) is 1.96. The molecule has 1 atom stereocenters. The van der Waals surface area contributed by atoms with Gasteiger partial charge in [0.2, 0.25) is 6.41 Å². The zero-order valence-corrected chi connectivity index (χ0v) is 10.2. The van der Waals surface area contributed by atoms with Crippen molar-refractivity contribution in [2.45, 2.75) is 25.3 Å². The first kappa shape index (κ1) is 11.2. The first-order valence-electron chi connectivity index (χ1n) is 6.44. The van der Waals surface area contributed by atoms with Crippen LogP contribution >= 0.6 is 0 Å². The Morgan fingerprint density at radius 3 is 3.11 bits per heavy atom. The Kier molecular flexibility index (Phi) is 2.97. The fourth-order valence-electron chi connectivity index (χ4n) is 2.74. The molecule has 1 aromatic carbocycles. The Bertz CT molecular complexity index is 567. The van der Waals surface area contributed by atoms with Gasteiger partial charge < -0.3 is 4.90 Å². The van der Waals surface area contributed by atoms with Crippen molar-refractivity contribution in [1.29, 1.82) is 0 Å². The van der Waals surface area contributed by atoms with Gasteiger partial charge in [0.05, 0.1) is 11.6 Å². The lowest BCUT2D eigenvalue weighted by molar-refractivity contribution is -0.121. The molecule has 0 N–H and O–H groups in total. The summed E-state index contributed by atoms with van der Waals surface area (Å²) in [6.45, 7) is 0.874. The summed E-state index contributed by atoms with van der Waals surface area (Å²) in [6, 6.07) is 10.6. The quantitative estimate of drug-likeness (QED) is 0.756. The van der Waals surface area contributed by atoms with Gasteiger partial charge in [-0.15, -0.1) is 0 Å². The van der Waals surface area contributed by atoms with Gasteiger partial charge in [-0.05, 0) is 43.0 Å². The van der Waals surface area contributed by atoms with E-state index in [0.717, 1.165) is 36.7 Å². The topological polar surface area (TPSA) is 33.2 Å². The zero-order valence-electron chi connectivity index (χ0n) is 10.2. The minimum absolute atomic E-state index is 0.237. The minimum atomic E-state index is 0.237. The van der Waals surface area contributed by atoms with E-state index in [4.69, 9.17) is 0 Å². The van der Waals surface area contributed by atoms with E-state index >= 15 is 0 Å². The summed E-state index contributed by atoms with van der Waals surface area (Å²) < 4.78 is 0. The Morgan fingerprint density at radius 2 is 2.22 bits per heavy atom. The van der Waals surface area contributed by atoms with Crippen molar-refractivity contribution < 1.29 is 4.79 Å². The van der Waals surface area contributed by atoms with Gasteiger partial charge in [-0.2, -0.15) is 0 Å². The number of carbonyl (C=O) groups is 1. The Morgan fingerprint density at radius 1 is 1.28 bits per heavy atom. The van der Waals surface area contributed by atoms with E-state index in [0.29, 0.717) is 0 Å². The fraction of sp³-hybridized carbons (Fsp3) is 0.333. The number of amides is 1. The van der Waals surface area contributed by atoms with Gasteiger partial charge in [0.25, 0.3) is 0 Å². The summed E-state index contributed by atoms with van der Waals surface area (Å²) in [7, 11) is 0. The molecule has 0 saturated carbocycles. The van der Waals surface area contributed by atoms with Gasteiger partial charge in [-0.1, -0.05) is 12.1 Å². The highest BCUT2D eigenvalue weighted by molar-refractivity contribution is 5.79. The van der Waals surface area contributed by atoms with Crippen LogP contribution in [0, 0.1) is 0 Å². The first-order valence-corrected chi connectivity index (χ1v) is 6.44. The molecule has 0 aliphatic carbocycles. The van der Waals surface area contributed by atoms with Crippen LogP contribution in [-0.2, 0) is 4.79 Å². The first-order chi connectivity index (χ1) is 8.88. The number of rotatable bonds is 2. The normalized spacial score (nSPS) is 20.0. The van der Waals surface area contributed by atoms with Gasteiger partial charge in [0.15, 0.2) is 0 Å². The Hall–Kier alpha value is -1.90. The number of pyridine rings is 1. The lowest BCUT2D eigenvalue weighted by Gasteiger charge is -2.33. The molecular weight excluding hydrogens is 224 g/mol. The van der Waals surface area contributed by atoms with Crippen LogP contribution in [-0.4, -0.2) is 22.8 Å². The molecule has 0 radical (unpaired) electrons. The van der Waals surface area contributed by atoms with E-state index in [9.17, 15) is 4.79 Å². The van der Waals surface area contributed by atoms with Crippen LogP contribution in [0.2, 0.25) is 0 Å². The van der Waals surface area contributed by atoms with Crippen molar-refractivity contribution >= 4 is 17.3 Å². The molecule has 2 heterocycles. The molecule has 1 aliphatic heterocycles. The third-order valence-electron chi connectivity index (χ3n) is 3.69. The molecule has 1 aliphatic rings. The van der Waals surface area contributed by atoms with Crippen molar-refractivity contribution in [2.75, 3.05) is 6.54 Å². The number of hydrogen-bond acceptors (Lipinski definition) is 2. The van der Waals surface area contributed by atoms with Crippen molar-refractivity contribution in [2.24, 2.45) is 0 Å². The lowest BCUT2D eigenvalue weighted by Crippen LogP contribution is -2.32. The highest BCUT2D eigenvalue weighted by Crippen LogP contribution is 2.31. The standard InChI is InChI=1S/C15H16N2O/c18-11-17-9-2-1-5-15(17)13-6-7-14-12(10-13)4-3-8-16-14/h3-4,6-8,10-11,15H,1-2,5,9H2. The van der Waals surface area contributed by atoms with Crippen LogP contribution in [0.4, 0.5) is 0 Å². The molecular formula is C15H16N2O. The van der Waals surface area contributed by atoms with E-state index in [2.05, 4.69) is 23.2 Å². The molecule has 1 amide bonds. The number of fused-ring (bicyclic) bond motifs is 1. The van der Waals surface area contributed by atoms with Crippen LogP contribution < -0.4 is 0 Å². The maximum Gasteiger partial charge on any atom is 0.210 e. The SMILES string of the molecule is O=CN1CCCCC1c1ccc2ncccc2c1. The number of benzene rings is 1. The highest BCUT2D eigenvalue weighted by Gasteiger charge is 2.22. The molecule has 1 unspecified atom stereocenters. The van der Waals surface area contributed by atoms with E-state index in [-0.39, 0.29) is 6.04 Å². The molecule has 3 heteroatoms. The van der Waals surface area contributed by atoms with Crippen molar-refractivity contribution in [3.63, 3.8) is 0 Å². The molecule has 0 spiro atoms. The van der Waals surface area contributed by atoms with Gasteiger partial charge >= 0.3 is 0 Å². The van der Waals surface area contributed by atoms with Gasteiger partial charge in [0, 0.05) is 18.1 Å². The number of piperidine rings is 1. The van der Waals surface area contributed by atoms with E-state index in [1.807, 2.05) is 17.0 Å². The summed E-state index contributed by atoms with van der Waals surface area (Å²) in [5, 5.41) is 1.14. The predicted octanol–water partition coefficient (Wildman–Crippen LogP) is 2.92.